The molecular weight excluding hydrogens is 293 g/mol. The van der Waals surface area contributed by atoms with Crippen LogP contribution in [0.4, 0.5) is 0 Å². The van der Waals surface area contributed by atoms with Gasteiger partial charge in [0, 0.05) is 4.90 Å². The standard InChI is InChI=1S/C12H15Cl2NO2S/c1-12(15,11(16)17)5-2-6-18-8-3-4-9(13)10(14)7-8/h3-4,7H,2,5-6,15H2,1H3,(H,16,17). The number of carboxylic acids is 1. The molecule has 0 saturated heterocycles. The lowest BCUT2D eigenvalue weighted by Crippen LogP contribution is -2.44. The zero-order valence-electron chi connectivity index (χ0n) is 9.95. The van der Waals surface area contributed by atoms with Crippen molar-refractivity contribution in [1.29, 1.82) is 0 Å². The summed E-state index contributed by atoms with van der Waals surface area (Å²) in [5.74, 6) is -0.181. The van der Waals surface area contributed by atoms with Crippen LogP contribution >= 0.6 is 35.0 Å². The van der Waals surface area contributed by atoms with Gasteiger partial charge in [0.25, 0.3) is 0 Å². The summed E-state index contributed by atoms with van der Waals surface area (Å²) in [6.45, 7) is 1.53. The molecule has 1 aromatic rings. The maximum atomic E-state index is 10.8. The number of carbonyl (C=O) groups is 1. The monoisotopic (exact) mass is 307 g/mol. The van der Waals surface area contributed by atoms with E-state index in [0.717, 1.165) is 17.1 Å². The fourth-order valence-corrected chi connectivity index (χ4v) is 2.56. The molecule has 0 heterocycles. The second-order valence-corrected chi connectivity index (χ2v) is 6.23. The quantitative estimate of drug-likeness (QED) is 0.622. The van der Waals surface area contributed by atoms with E-state index >= 15 is 0 Å². The lowest BCUT2D eigenvalue weighted by Gasteiger charge is -2.18. The molecule has 1 unspecified atom stereocenters. The Hall–Kier alpha value is -0.420. The molecule has 0 bridgehead atoms. The van der Waals surface area contributed by atoms with Gasteiger partial charge in [0.2, 0.25) is 0 Å². The molecule has 0 aliphatic rings. The van der Waals surface area contributed by atoms with Crippen molar-refractivity contribution in [3.8, 4) is 0 Å². The number of halogens is 2. The molecule has 0 aliphatic heterocycles. The van der Waals surface area contributed by atoms with E-state index in [-0.39, 0.29) is 0 Å². The van der Waals surface area contributed by atoms with Gasteiger partial charge >= 0.3 is 5.97 Å². The van der Waals surface area contributed by atoms with E-state index in [1.165, 1.54) is 6.92 Å². The maximum absolute atomic E-state index is 10.8. The number of aliphatic carboxylic acids is 1. The van der Waals surface area contributed by atoms with Crippen molar-refractivity contribution in [2.24, 2.45) is 5.73 Å². The molecule has 0 aliphatic carbocycles. The molecule has 1 atom stereocenters. The Balaban J connectivity index is 2.38. The first-order valence-corrected chi connectivity index (χ1v) is 7.17. The molecule has 3 N–H and O–H groups in total. The largest absolute Gasteiger partial charge is 0.480 e. The van der Waals surface area contributed by atoms with Crippen LogP contribution in [0.3, 0.4) is 0 Å². The summed E-state index contributed by atoms with van der Waals surface area (Å²) < 4.78 is 0. The van der Waals surface area contributed by atoms with Gasteiger partial charge in [-0.25, -0.2) is 0 Å². The fourth-order valence-electron chi connectivity index (χ4n) is 1.30. The van der Waals surface area contributed by atoms with Gasteiger partial charge in [0.05, 0.1) is 10.0 Å². The summed E-state index contributed by atoms with van der Waals surface area (Å²) >= 11 is 13.3. The van der Waals surface area contributed by atoms with Crippen molar-refractivity contribution in [2.45, 2.75) is 30.2 Å². The molecule has 0 fully saturated rings. The molecule has 1 aromatic carbocycles. The summed E-state index contributed by atoms with van der Waals surface area (Å²) in [6.07, 6.45) is 1.17. The Morgan fingerprint density at radius 1 is 1.44 bits per heavy atom. The highest BCUT2D eigenvalue weighted by Gasteiger charge is 2.26. The highest BCUT2D eigenvalue weighted by Crippen LogP contribution is 2.28. The van der Waals surface area contributed by atoms with Crippen LogP contribution in [0.15, 0.2) is 23.1 Å². The van der Waals surface area contributed by atoms with Crippen LogP contribution in [0.25, 0.3) is 0 Å². The van der Waals surface area contributed by atoms with E-state index in [9.17, 15) is 4.79 Å². The highest BCUT2D eigenvalue weighted by molar-refractivity contribution is 7.99. The van der Waals surface area contributed by atoms with Gasteiger partial charge in [-0.1, -0.05) is 23.2 Å². The predicted molar refractivity (Wildman–Crippen MR) is 76.6 cm³/mol. The van der Waals surface area contributed by atoms with Gasteiger partial charge in [-0.15, -0.1) is 11.8 Å². The zero-order chi connectivity index (χ0) is 13.8. The topological polar surface area (TPSA) is 63.3 Å². The Labute approximate surface area is 121 Å². The molecule has 0 amide bonds. The second-order valence-electron chi connectivity index (χ2n) is 4.25. The number of rotatable bonds is 6. The van der Waals surface area contributed by atoms with Gasteiger partial charge in [0.15, 0.2) is 0 Å². The van der Waals surface area contributed by atoms with Crippen LogP contribution in [0.2, 0.25) is 10.0 Å². The van der Waals surface area contributed by atoms with E-state index in [1.54, 1.807) is 23.9 Å². The predicted octanol–water partition coefficient (Wildman–Crippen LogP) is 3.67. The second kappa shape index (κ2) is 6.66. The van der Waals surface area contributed by atoms with Crippen LogP contribution in [-0.2, 0) is 4.79 Å². The number of hydrogen-bond acceptors (Lipinski definition) is 3. The number of carboxylic acid groups (broad SMARTS) is 1. The van der Waals surface area contributed by atoms with Crippen molar-refractivity contribution in [1.82, 2.24) is 0 Å². The summed E-state index contributed by atoms with van der Waals surface area (Å²) in [5.41, 5.74) is 4.48. The van der Waals surface area contributed by atoms with Gasteiger partial charge in [-0.3, -0.25) is 4.79 Å². The smallest absolute Gasteiger partial charge is 0.323 e. The molecule has 100 valence electrons. The fraction of sp³-hybridized carbons (Fsp3) is 0.417. The molecule has 0 radical (unpaired) electrons. The average Bonchev–Trinajstić information content (AvgIpc) is 2.29. The number of nitrogens with two attached hydrogens (primary N) is 1. The first-order chi connectivity index (χ1) is 8.33. The van der Waals surface area contributed by atoms with E-state index in [0.29, 0.717) is 16.5 Å². The molecular formula is C12H15Cl2NO2S. The summed E-state index contributed by atoms with van der Waals surface area (Å²) in [6, 6.07) is 5.43. The molecule has 3 nitrogen and oxygen atoms in total. The number of hydrogen-bond donors (Lipinski definition) is 2. The minimum absolute atomic E-state index is 0.441. The van der Waals surface area contributed by atoms with Gasteiger partial charge < -0.3 is 10.8 Å². The minimum Gasteiger partial charge on any atom is -0.480 e. The Kier molecular flexibility index (Phi) is 5.79. The molecule has 0 spiro atoms. The van der Waals surface area contributed by atoms with E-state index in [2.05, 4.69) is 0 Å². The summed E-state index contributed by atoms with van der Waals surface area (Å²) in [4.78, 5) is 11.8. The molecule has 0 aromatic heterocycles. The number of benzene rings is 1. The normalized spacial score (nSPS) is 14.2. The Morgan fingerprint density at radius 2 is 2.11 bits per heavy atom. The third kappa shape index (κ3) is 4.69. The molecule has 18 heavy (non-hydrogen) atoms. The maximum Gasteiger partial charge on any atom is 0.323 e. The van der Waals surface area contributed by atoms with Gasteiger partial charge in [-0.05, 0) is 43.7 Å². The third-order valence-electron chi connectivity index (χ3n) is 2.49. The first kappa shape index (κ1) is 15.6. The molecule has 0 saturated carbocycles. The summed E-state index contributed by atoms with van der Waals surface area (Å²) in [7, 11) is 0. The van der Waals surface area contributed by atoms with Crippen LogP contribution in [0.1, 0.15) is 19.8 Å². The number of thioether (sulfide) groups is 1. The van der Waals surface area contributed by atoms with E-state index in [1.807, 2.05) is 6.07 Å². The van der Waals surface area contributed by atoms with Crippen LogP contribution in [0.5, 0.6) is 0 Å². The van der Waals surface area contributed by atoms with Crippen LogP contribution in [-0.4, -0.2) is 22.4 Å². The van der Waals surface area contributed by atoms with Crippen molar-refractivity contribution >= 4 is 40.9 Å². The van der Waals surface area contributed by atoms with Gasteiger partial charge in [0.1, 0.15) is 5.54 Å². The Bertz CT molecular complexity index is 438. The Morgan fingerprint density at radius 3 is 2.67 bits per heavy atom. The first-order valence-electron chi connectivity index (χ1n) is 5.43. The van der Waals surface area contributed by atoms with Gasteiger partial charge in [-0.2, -0.15) is 0 Å². The lowest BCUT2D eigenvalue weighted by molar-refractivity contribution is -0.142. The van der Waals surface area contributed by atoms with Crippen molar-refractivity contribution in [3.63, 3.8) is 0 Å². The third-order valence-corrected chi connectivity index (χ3v) is 4.31. The zero-order valence-corrected chi connectivity index (χ0v) is 12.3. The van der Waals surface area contributed by atoms with Crippen LogP contribution < -0.4 is 5.73 Å². The molecule has 6 heteroatoms. The SMILES string of the molecule is CC(N)(CCCSc1ccc(Cl)c(Cl)c1)C(=O)O. The van der Waals surface area contributed by atoms with Crippen molar-refractivity contribution in [2.75, 3.05) is 5.75 Å². The van der Waals surface area contributed by atoms with E-state index in [4.69, 9.17) is 34.0 Å². The average molecular weight is 308 g/mol. The van der Waals surface area contributed by atoms with E-state index < -0.39 is 11.5 Å². The highest BCUT2D eigenvalue weighted by atomic mass is 35.5. The van der Waals surface area contributed by atoms with Crippen molar-refractivity contribution in [3.05, 3.63) is 28.2 Å². The minimum atomic E-state index is -1.15. The van der Waals surface area contributed by atoms with Crippen molar-refractivity contribution < 1.29 is 9.90 Å². The lowest BCUT2D eigenvalue weighted by atomic mass is 9.98. The summed E-state index contributed by atoms with van der Waals surface area (Å²) in [5, 5.41) is 9.91. The van der Waals surface area contributed by atoms with Crippen LogP contribution in [0, 0.1) is 0 Å². The molecule has 1 rings (SSSR count).